The fraction of sp³-hybridized carbons (Fsp3) is 0.421. The Morgan fingerprint density at radius 2 is 2.33 bits per heavy atom. The van der Waals surface area contributed by atoms with Gasteiger partial charge in [-0.2, -0.15) is 4.98 Å². The second-order valence-corrected chi connectivity index (χ2v) is 7.76. The standard InChI is InChI=1S/C19H22N4O3S/c24-19(14-4-1-7-23(12-14)13-15-5-2-8-25-15)20-11-17-21-18(26-22-17)10-16-6-3-9-27-16/h2-3,5-6,8-9,14H,1,4,7,10-13H2,(H,20,24)/t14-/m1/s1. The molecule has 27 heavy (non-hydrogen) atoms. The molecule has 0 bridgehead atoms. The van der Waals surface area contributed by atoms with Crippen LogP contribution in [0.5, 0.6) is 0 Å². The Morgan fingerprint density at radius 3 is 3.15 bits per heavy atom. The van der Waals surface area contributed by atoms with Crippen LogP contribution in [0.2, 0.25) is 0 Å². The second-order valence-electron chi connectivity index (χ2n) is 6.73. The van der Waals surface area contributed by atoms with Crippen LogP contribution in [0.15, 0.2) is 44.8 Å². The molecule has 4 rings (SSSR count). The molecular formula is C19H22N4O3S. The summed E-state index contributed by atoms with van der Waals surface area (Å²) in [5.41, 5.74) is 0. The maximum absolute atomic E-state index is 12.5. The number of carbonyl (C=O) groups excluding carboxylic acids is 1. The summed E-state index contributed by atoms with van der Waals surface area (Å²) in [5.74, 6) is 2.04. The van der Waals surface area contributed by atoms with Crippen LogP contribution in [0.3, 0.4) is 0 Å². The van der Waals surface area contributed by atoms with E-state index in [-0.39, 0.29) is 11.8 Å². The molecule has 3 aromatic rings. The van der Waals surface area contributed by atoms with Gasteiger partial charge in [-0.25, -0.2) is 0 Å². The van der Waals surface area contributed by atoms with Gasteiger partial charge in [0.05, 0.1) is 31.7 Å². The van der Waals surface area contributed by atoms with Crippen LogP contribution < -0.4 is 5.32 Å². The van der Waals surface area contributed by atoms with Gasteiger partial charge in [-0.05, 0) is 43.0 Å². The van der Waals surface area contributed by atoms with E-state index in [1.54, 1.807) is 17.6 Å². The quantitative estimate of drug-likeness (QED) is 0.672. The summed E-state index contributed by atoms with van der Waals surface area (Å²) in [6.45, 7) is 2.76. The van der Waals surface area contributed by atoms with E-state index in [9.17, 15) is 4.79 Å². The molecule has 1 fully saturated rings. The summed E-state index contributed by atoms with van der Waals surface area (Å²) in [7, 11) is 0. The number of amides is 1. The maximum atomic E-state index is 12.5. The van der Waals surface area contributed by atoms with Crippen molar-refractivity contribution >= 4 is 17.2 Å². The first-order valence-electron chi connectivity index (χ1n) is 9.12. The number of thiophene rings is 1. The monoisotopic (exact) mass is 386 g/mol. The molecule has 1 atom stereocenters. The number of hydrogen-bond donors (Lipinski definition) is 1. The lowest BCUT2D eigenvalue weighted by Gasteiger charge is -2.31. The third-order valence-electron chi connectivity index (χ3n) is 4.67. The molecule has 0 aromatic carbocycles. The van der Waals surface area contributed by atoms with Crippen molar-refractivity contribution in [2.24, 2.45) is 5.92 Å². The Kier molecular flexibility index (Phi) is 5.64. The molecule has 1 N–H and O–H groups in total. The molecule has 0 aliphatic carbocycles. The number of carbonyl (C=O) groups is 1. The summed E-state index contributed by atoms with van der Waals surface area (Å²) < 4.78 is 10.7. The number of piperidine rings is 1. The molecule has 1 aliphatic rings. The highest BCUT2D eigenvalue weighted by molar-refractivity contribution is 7.09. The number of furan rings is 1. The van der Waals surface area contributed by atoms with Gasteiger partial charge >= 0.3 is 0 Å². The number of aromatic nitrogens is 2. The summed E-state index contributed by atoms with van der Waals surface area (Å²) in [5, 5.41) is 8.93. The molecule has 0 spiro atoms. The highest BCUT2D eigenvalue weighted by atomic mass is 32.1. The highest BCUT2D eigenvalue weighted by Gasteiger charge is 2.26. The van der Waals surface area contributed by atoms with Crippen molar-refractivity contribution in [1.29, 1.82) is 0 Å². The van der Waals surface area contributed by atoms with Crippen LogP contribution in [-0.4, -0.2) is 34.0 Å². The summed E-state index contributed by atoms with van der Waals surface area (Å²) >= 11 is 1.66. The van der Waals surface area contributed by atoms with E-state index in [0.29, 0.717) is 24.7 Å². The molecule has 3 aromatic heterocycles. The van der Waals surface area contributed by atoms with Crippen LogP contribution in [-0.2, 0) is 24.3 Å². The Balaban J connectivity index is 1.25. The third kappa shape index (κ3) is 4.84. The zero-order chi connectivity index (χ0) is 18.5. The average molecular weight is 386 g/mol. The van der Waals surface area contributed by atoms with E-state index in [0.717, 1.165) is 38.2 Å². The lowest BCUT2D eigenvalue weighted by atomic mass is 9.97. The molecule has 4 heterocycles. The zero-order valence-corrected chi connectivity index (χ0v) is 15.8. The van der Waals surface area contributed by atoms with Crippen molar-refractivity contribution in [3.8, 4) is 0 Å². The van der Waals surface area contributed by atoms with Crippen molar-refractivity contribution in [2.45, 2.75) is 32.4 Å². The van der Waals surface area contributed by atoms with Gasteiger partial charge in [0.2, 0.25) is 11.8 Å². The maximum Gasteiger partial charge on any atom is 0.231 e. The number of rotatable bonds is 7. The third-order valence-corrected chi connectivity index (χ3v) is 5.55. The molecule has 0 radical (unpaired) electrons. The van der Waals surface area contributed by atoms with Crippen LogP contribution >= 0.6 is 11.3 Å². The number of nitrogens with zero attached hydrogens (tertiary/aromatic N) is 3. The first-order chi connectivity index (χ1) is 13.3. The normalized spacial score (nSPS) is 17.9. The molecule has 7 nitrogen and oxygen atoms in total. The van der Waals surface area contributed by atoms with Crippen LogP contribution in [0, 0.1) is 5.92 Å². The van der Waals surface area contributed by atoms with E-state index < -0.39 is 0 Å². The van der Waals surface area contributed by atoms with E-state index >= 15 is 0 Å². The molecule has 1 saturated heterocycles. The molecule has 0 unspecified atom stereocenters. The summed E-state index contributed by atoms with van der Waals surface area (Å²) in [6.07, 6.45) is 4.21. The lowest BCUT2D eigenvalue weighted by molar-refractivity contribution is -0.127. The van der Waals surface area contributed by atoms with Gasteiger partial charge in [-0.1, -0.05) is 11.2 Å². The first kappa shape index (κ1) is 17.9. The largest absolute Gasteiger partial charge is 0.468 e. The molecule has 1 amide bonds. The molecular weight excluding hydrogens is 364 g/mol. The average Bonchev–Trinajstić information content (AvgIpc) is 3.44. The SMILES string of the molecule is O=C(NCc1noc(Cc2cccs2)n1)[C@@H]1CCCN(Cc2ccco2)C1. The Morgan fingerprint density at radius 1 is 1.37 bits per heavy atom. The zero-order valence-electron chi connectivity index (χ0n) is 15.0. The van der Waals surface area contributed by atoms with E-state index in [1.807, 2.05) is 29.6 Å². The number of hydrogen-bond acceptors (Lipinski definition) is 7. The minimum Gasteiger partial charge on any atom is -0.468 e. The predicted molar refractivity (Wildman–Crippen MR) is 100.0 cm³/mol. The van der Waals surface area contributed by atoms with Crippen molar-refractivity contribution in [3.05, 3.63) is 58.3 Å². The van der Waals surface area contributed by atoms with Gasteiger partial charge in [-0.15, -0.1) is 11.3 Å². The van der Waals surface area contributed by atoms with Crippen molar-refractivity contribution in [2.75, 3.05) is 13.1 Å². The fourth-order valence-corrected chi connectivity index (χ4v) is 4.04. The minimum atomic E-state index is -0.0220. The topological polar surface area (TPSA) is 84.4 Å². The summed E-state index contributed by atoms with van der Waals surface area (Å²) in [4.78, 5) is 20.3. The van der Waals surface area contributed by atoms with Gasteiger partial charge < -0.3 is 14.3 Å². The summed E-state index contributed by atoms with van der Waals surface area (Å²) in [6, 6.07) is 7.89. The Hall–Kier alpha value is -2.45. The van der Waals surface area contributed by atoms with Crippen molar-refractivity contribution < 1.29 is 13.7 Å². The van der Waals surface area contributed by atoms with E-state index in [4.69, 9.17) is 8.94 Å². The molecule has 0 saturated carbocycles. The van der Waals surface area contributed by atoms with Gasteiger partial charge in [0, 0.05) is 11.4 Å². The first-order valence-corrected chi connectivity index (χ1v) is 10.0. The van der Waals surface area contributed by atoms with Gasteiger partial charge in [0.1, 0.15) is 5.76 Å². The molecule has 142 valence electrons. The lowest BCUT2D eigenvalue weighted by Crippen LogP contribution is -2.42. The van der Waals surface area contributed by atoms with Crippen molar-refractivity contribution in [3.63, 3.8) is 0 Å². The fourth-order valence-electron chi connectivity index (χ4n) is 3.34. The van der Waals surface area contributed by atoms with Crippen LogP contribution in [0.1, 0.15) is 35.2 Å². The Labute approximate surface area is 161 Å². The van der Waals surface area contributed by atoms with Gasteiger partial charge in [-0.3, -0.25) is 9.69 Å². The van der Waals surface area contributed by atoms with Gasteiger partial charge in [0.15, 0.2) is 5.82 Å². The minimum absolute atomic E-state index is 0.0220. The van der Waals surface area contributed by atoms with Crippen molar-refractivity contribution in [1.82, 2.24) is 20.4 Å². The van der Waals surface area contributed by atoms with Gasteiger partial charge in [0.25, 0.3) is 0 Å². The van der Waals surface area contributed by atoms with Crippen LogP contribution in [0.25, 0.3) is 0 Å². The predicted octanol–water partition coefficient (Wildman–Crippen LogP) is 2.84. The smallest absolute Gasteiger partial charge is 0.231 e. The van der Waals surface area contributed by atoms with E-state index in [1.165, 1.54) is 4.88 Å². The Bertz CT molecular complexity index is 844. The van der Waals surface area contributed by atoms with E-state index in [2.05, 4.69) is 20.4 Å². The molecule has 1 aliphatic heterocycles. The number of likely N-dealkylation sites (tertiary alicyclic amines) is 1. The number of nitrogens with one attached hydrogen (secondary N) is 1. The molecule has 8 heteroatoms. The van der Waals surface area contributed by atoms with Crippen LogP contribution in [0.4, 0.5) is 0 Å². The second kappa shape index (κ2) is 8.49. The highest BCUT2D eigenvalue weighted by Crippen LogP contribution is 2.19.